The summed E-state index contributed by atoms with van der Waals surface area (Å²) in [6.07, 6.45) is 1.15. The van der Waals surface area contributed by atoms with Gasteiger partial charge in [-0.15, -0.1) is 0 Å². The van der Waals surface area contributed by atoms with Gasteiger partial charge in [0.1, 0.15) is 5.15 Å². The highest BCUT2D eigenvalue weighted by Crippen LogP contribution is 2.19. The molecule has 0 aliphatic rings. The molecule has 86 valence electrons. The highest BCUT2D eigenvalue weighted by molar-refractivity contribution is 6.32. The van der Waals surface area contributed by atoms with Gasteiger partial charge >= 0.3 is 11.9 Å². The minimum atomic E-state index is -1.29. The number of carboxylic acid groups (broad SMARTS) is 2. The first kappa shape index (κ1) is 12.4. The topological polar surface area (TPSA) is 87.5 Å². The van der Waals surface area contributed by atoms with E-state index in [-0.39, 0.29) is 16.3 Å². The van der Waals surface area contributed by atoms with Gasteiger partial charge in [0, 0.05) is 0 Å². The smallest absolute Gasteiger partial charge is 0.338 e. The molecular weight excluding hydrogens is 234 g/mol. The van der Waals surface area contributed by atoms with E-state index in [1.54, 1.807) is 0 Å². The van der Waals surface area contributed by atoms with E-state index in [9.17, 15) is 9.59 Å². The Morgan fingerprint density at radius 2 is 1.88 bits per heavy atom. The van der Waals surface area contributed by atoms with Gasteiger partial charge in [-0.25, -0.2) is 14.6 Å². The highest BCUT2D eigenvalue weighted by atomic mass is 35.5. The zero-order valence-electron chi connectivity index (χ0n) is 8.53. The second-order valence-corrected chi connectivity index (χ2v) is 3.54. The molecule has 0 saturated heterocycles. The maximum absolute atomic E-state index is 10.9. The third-order valence-electron chi connectivity index (χ3n) is 2.00. The van der Waals surface area contributed by atoms with Crippen molar-refractivity contribution in [1.82, 2.24) is 4.98 Å². The minimum absolute atomic E-state index is 0.108. The number of nitrogens with zero attached hydrogens (tertiary/aromatic N) is 1. The van der Waals surface area contributed by atoms with Crippen molar-refractivity contribution >= 4 is 23.5 Å². The van der Waals surface area contributed by atoms with Crippen molar-refractivity contribution in [2.24, 2.45) is 0 Å². The number of aromatic carboxylic acids is 2. The Balaban J connectivity index is 3.36. The summed E-state index contributed by atoms with van der Waals surface area (Å²) >= 11 is 5.65. The Morgan fingerprint density at radius 1 is 1.31 bits per heavy atom. The summed E-state index contributed by atoms with van der Waals surface area (Å²) < 4.78 is 0. The Kier molecular flexibility index (Phi) is 3.84. The fourth-order valence-corrected chi connectivity index (χ4v) is 1.53. The average Bonchev–Trinajstić information content (AvgIpc) is 2.17. The molecule has 16 heavy (non-hydrogen) atoms. The van der Waals surface area contributed by atoms with E-state index in [2.05, 4.69) is 4.98 Å². The van der Waals surface area contributed by atoms with E-state index in [0.717, 1.165) is 6.07 Å². The van der Waals surface area contributed by atoms with Gasteiger partial charge in [-0.2, -0.15) is 0 Å². The van der Waals surface area contributed by atoms with Crippen LogP contribution in [0.3, 0.4) is 0 Å². The molecule has 0 aliphatic carbocycles. The van der Waals surface area contributed by atoms with Crippen LogP contribution in [0.2, 0.25) is 5.15 Å². The molecule has 0 aliphatic heterocycles. The predicted molar refractivity (Wildman–Crippen MR) is 57.2 cm³/mol. The molecule has 0 aromatic carbocycles. The van der Waals surface area contributed by atoms with Crippen LogP contribution in [0.1, 0.15) is 39.8 Å². The molecule has 0 bridgehead atoms. The number of rotatable bonds is 4. The predicted octanol–water partition coefficient (Wildman–Crippen LogP) is 2.08. The lowest BCUT2D eigenvalue weighted by Crippen LogP contribution is -2.10. The minimum Gasteiger partial charge on any atom is -0.478 e. The number of carbonyl (C=O) groups is 2. The van der Waals surface area contributed by atoms with Gasteiger partial charge in [0.25, 0.3) is 0 Å². The van der Waals surface area contributed by atoms with Gasteiger partial charge in [0.05, 0.1) is 16.8 Å². The Morgan fingerprint density at radius 3 is 2.31 bits per heavy atom. The zero-order valence-corrected chi connectivity index (χ0v) is 9.28. The number of aromatic nitrogens is 1. The molecule has 5 nitrogen and oxygen atoms in total. The van der Waals surface area contributed by atoms with E-state index >= 15 is 0 Å². The summed E-state index contributed by atoms with van der Waals surface area (Å²) in [6.45, 7) is 1.87. The quantitative estimate of drug-likeness (QED) is 0.791. The van der Waals surface area contributed by atoms with Gasteiger partial charge < -0.3 is 10.2 Å². The standard InChI is InChI=1S/C10H10ClNO4/c1-2-3-7-5(9(13)14)4-6(10(15)16)8(11)12-7/h4H,2-3H2,1H3,(H,13,14)(H,15,16). The van der Waals surface area contributed by atoms with Crippen molar-refractivity contribution < 1.29 is 19.8 Å². The number of carboxylic acids is 2. The van der Waals surface area contributed by atoms with Crippen LogP contribution in [0, 0.1) is 0 Å². The molecule has 0 radical (unpaired) electrons. The van der Waals surface area contributed by atoms with Crippen molar-refractivity contribution in [2.75, 3.05) is 0 Å². The second kappa shape index (κ2) is 4.94. The number of halogens is 1. The fourth-order valence-electron chi connectivity index (χ4n) is 1.29. The molecule has 1 heterocycles. The van der Waals surface area contributed by atoms with E-state index in [4.69, 9.17) is 21.8 Å². The molecule has 0 amide bonds. The first-order valence-corrected chi connectivity index (χ1v) is 5.01. The van der Waals surface area contributed by atoms with Gasteiger partial charge in [0.15, 0.2) is 0 Å². The van der Waals surface area contributed by atoms with Crippen LogP contribution in [-0.4, -0.2) is 27.1 Å². The lowest BCUT2D eigenvalue weighted by Gasteiger charge is -2.06. The van der Waals surface area contributed by atoms with Gasteiger partial charge in [-0.05, 0) is 12.5 Å². The van der Waals surface area contributed by atoms with Crippen molar-refractivity contribution in [3.63, 3.8) is 0 Å². The average molecular weight is 244 g/mol. The van der Waals surface area contributed by atoms with Gasteiger partial charge in [-0.3, -0.25) is 0 Å². The molecule has 1 aromatic heterocycles. The lowest BCUT2D eigenvalue weighted by molar-refractivity contribution is 0.0695. The van der Waals surface area contributed by atoms with Crippen LogP contribution in [-0.2, 0) is 6.42 Å². The van der Waals surface area contributed by atoms with Crippen LogP contribution < -0.4 is 0 Å². The maximum Gasteiger partial charge on any atom is 0.338 e. The monoisotopic (exact) mass is 243 g/mol. The largest absolute Gasteiger partial charge is 0.478 e. The normalized spacial score (nSPS) is 10.1. The molecule has 0 unspecified atom stereocenters. The molecule has 0 spiro atoms. The first-order valence-electron chi connectivity index (χ1n) is 4.63. The fraction of sp³-hybridized carbons (Fsp3) is 0.300. The van der Waals surface area contributed by atoms with Crippen molar-refractivity contribution in [1.29, 1.82) is 0 Å². The van der Waals surface area contributed by atoms with Crippen molar-refractivity contribution in [2.45, 2.75) is 19.8 Å². The third-order valence-corrected chi connectivity index (χ3v) is 2.29. The summed E-state index contributed by atoms with van der Waals surface area (Å²) in [5, 5.41) is 17.5. The molecule has 0 fully saturated rings. The Labute approximate surface area is 96.7 Å². The summed E-state index contributed by atoms with van der Waals surface area (Å²) in [6, 6.07) is 1.05. The molecular formula is C10H10ClNO4. The van der Waals surface area contributed by atoms with Crippen molar-refractivity contribution in [3.8, 4) is 0 Å². The van der Waals surface area contributed by atoms with E-state index in [1.807, 2.05) is 6.92 Å². The van der Waals surface area contributed by atoms with Crippen LogP contribution in [0.25, 0.3) is 0 Å². The lowest BCUT2D eigenvalue weighted by atomic mass is 10.1. The highest BCUT2D eigenvalue weighted by Gasteiger charge is 2.18. The molecule has 1 rings (SSSR count). The van der Waals surface area contributed by atoms with Gasteiger partial charge in [-0.1, -0.05) is 24.9 Å². The Bertz CT molecular complexity index is 445. The number of aryl methyl sites for hydroxylation is 1. The Hall–Kier alpha value is -1.62. The van der Waals surface area contributed by atoms with E-state index < -0.39 is 11.9 Å². The van der Waals surface area contributed by atoms with Crippen LogP contribution in [0.5, 0.6) is 0 Å². The number of hydrogen-bond donors (Lipinski definition) is 2. The number of hydrogen-bond acceptors (Lipinski definition) is 3. The summed E-state index contributed by atoms with van der Waals surface area (Å²) in [5.41, 5.74) is -0.0902. The maximum atomic E-state index is 10.9. The van der Waals surface area contributed by atoms with E-state index in [1.165, 1.54) is 0 Å². The molecule has 0 saturated carbocycles. The second-order valence-electron chi connectivity index (χ2n) is 3.18. The van der Waals surface area contributed by atoms with Crippen molar-refractivity contribution in [3.05, 3.63) is 28.0 Å². The van der Waals surface area contributed by atoms with Crippen LogP contribution >= 0.6 is 11.6 Å². The van der Waals surface area contributed by atoms with Crippen LogP contribution in [0.15, 0.2) is 6.07 Å². The SMILES string of the molecule is CCCc1nc(Cl)c(C(=O)O)cc1C(=O)O. The summed E-state index contributed by atoms with van der Waals surface area (Å²) in [7, 11) is 0. The van der Waals surface area contributed by atoms with Gasteiger partial charge in [0.2, 0.25) is 0 Å². The molecule has 0 atom stereocenters. The molecule has 6 heteroatoms. The van der Waals surface area contributed by atoms with Crippen LogP contribution in [0.4, 0.5) is 0 Å². The van der Waals surface area contributed by atoms with E-state index in [0.29, 0.717) is 18.5 Å². The zero-order chi connectivity index (χ0) is 12.3. The summed E-state index contributed by atoms with van der Waals surface area (Å²) in [4.78, 5) is 25.5. The molecule has 2 N–H and O–H groups in total. The summed E-state index contributed by atoms with van der Waals surface area (Å²) in [5.74, 6) is -2.49. The first-order chi connectivity index (χ1) is 7.47. The number of pyridine rings is 1. The third kappa shape index (κ3) is 2.49. The molecule has 1 aromatic rings.